The standard InChI is InChI=1S/CH5N15/c1-3-5-7-9-11-13-15-16-14-12-10-8-6-4-2/h1H3,(H2,2,3,6,7,10,11,14,15). The molecule has 0 aromatic heterocycles. The topological polar surface area (TPSA) is 197 Å². The summed E-state index contributed by atoms with van der Waals surface area (Å²) in [4.78, 5) is 0. The van der Waals surface area contributed by atoms with Crippen LogP contribution in [0.5, 0.6) is 0 Å². The maximum Gasteiger partial charge on any atom is 0.0234 e. The molecule has 15 nitrogen and oxygen atoms in total. The van der Waals surface area contributed by atoms with Crippen molar-refractivity contribution < 1.29 is 0 Å². The lowest BCUT2D eigenvalue weighted by atomic mass is 11.5. The molecule has 0 aromatic rings. The van der Waals surface area contributed by atoms with E-state index in [1.165, 1.54) is 7.05 Å². The van der Waals surface area contributed by atoms with Gasteiger partial charge < -0.3 is 0 Å². The minimum atomic E-state index is 1.53. The Labute approximate surface area is 87.0 Å². The van der Waals surface area contributed by atoms with Gasteiger partial charge in [0.15, 0.2) is 0 Å². The molecule has 0 aliphatic heterocycles. The Bertz CT molecular complexity index is 325. The first-order valence-electron chi connectivity index (χ1n) is 3.35. The van der Waals surface area contributed by atoms with E-state index < -0.39 is 0 Å². The summed E-state index contributed by atoms with van der Waals surface area (Å²) in [6.07, 6.45) is 0. The van der Waals surface area contributed by atoms with E-state index in [2.05, 4.69) is 73.3 Å². The van der Waals surface area contributed by atoms with Gasteiger partial charge in [-0.25, -0.2) is 0 Å². The van der Waals surface area contributed by atoms with Crippen molar-refractivity contribution in [2.75, 3.05) is 7.05 Å². The molecular weight excluding hydrogens is 222 g/mol. The van der Waals surface area contributed by atoms with E-state index in [4.69, 9.17) is 5.53 Å². The fraction of sp³-hybridized carbons (Fsp3) is 1.00. The predicted octanol–water partition coefficient (Wildman–Crippen LogP) is 2.35. The van der Waals surface area contributed by atoms with Crippen molar-refractivity contribution in [2.24, 2.45) is 67.9 Å². The minimum Gasteiger partial charge on any atom is -0.293 e. The molecule has 15 heteroatoms. The Balaban J connectivity index is 3.74. The first kappa shape index (κ1) is 13.0. The fourth-order valence-corrected chi connectivity index (χ4v) is 0.246. The van der Waals surface area contributed by atoms with E-state index in [1.54, 1.807) is 0 Å². The molecular formula is CH5N15. The van der Waals surface area contributed by atoms with Gasteiger partial charge in [0.2, 0.25) is 0 Å². The Morgan fingerprint density at radius 3 is 1.38 bits per heavy atom. The SMILES string of the molecule is CN/N=N/N=N/N=N/N=N/N=N/N=N/N=N. The van der Waals surface area contributed by atoms with E-state index in [0.29, 0.717) is 0 Å². The normalized spacial score (nSPS) is 13.3. The predicted molar refractivity (Wildman–Crippen MR) is 43.3 cm³/mol. The highest BCUT2D eigenvalue weighted by molar-refractivity contribution is 4.12. The van der Waals surface area contributed by atoms with Crippen LogP contribution in [-0.2, 0) is 0 Å². The summed E-state index contributed by atoms with van der Waals surface area (Å²) in [6, 6.07) is 0. The van der Waals surface area contributed by atoms with Crippen LogP contribution in [0, 0.1) is 5.53 Å². The summed E-state index contributed by atoms with van der Waals surface area (Å²) in [5.41, 5.74) is 8.50. The molecule has 2 N–H and O–H groups in total. The summed E-state index contributed by atoms with van der Waals surface area (Å²) in [6.45, 7) is 0. The summed E-state index contributed by atoms with van der Waals surface area (Å²) >= 11 is 0. The molecule has 0 saturated carbocycles. The molecule has 0 rings (SSSR count). The van der Waals surface area contributed by atoms with Gasteiger partial charge in [-0.1, -0.05) is 5.22 Å². The molecule has 0 aromatic carbocycles. The lowest BCUT2D eigenvalue weighted by Gasteiger charge is -1.74. The van der Waals surface area contributed by atoms with Crippen molar-refractivity contribution in [3.63, 3.8) is 0 Å². The van der Waals surface area contributed by atoms with Gasteiger partial charge in [0.25, 0.3) is 0 Å². The monoisotopic (exact) mass is 227 g/mol. The van der Waals surface area contributed by atoms with E-state index in [0.717, 1.165) is 0 Å². The lowest BCUT2D eigenvalue weighted by Crippen LogP contribution is -1.88. The summed E-state index contributed by atoms with van der Waals surface area (Å²) in [5, 5.41) is 38.5. The molecule has 0 fully saturated rings. The average molecular weight is 227 g/mol. The van der Waals surface area contributed by atoms with E-state index >= 15 is 0 Å². The van der Waals surface area contributed by atoms with E-state index in [-0.39, 0.29) is 0 Å². The van der Waals surface area contributed by atoms with E-state index in [9.17, 15) is 0 Å². The summed E-state index contributed by atoms with van der Waals surface area (Å²) in [7, 11) is 1.53. The van der Waals surface area contributed by atoms with Crippen LogP contribution in [-0.4, -0.2) is 7.05 Å². The third-order valence-electron chi connectivity index (χ3n) is 0.589. The zero-order chi connectivity index (χ0) is 11.9. The van der Waals surface area contributed by atoms with Gasteiger partial charge in [-0.05, 0) is 62.7 Å². The molecule has 0 spiro atoms. The Hall–Kier alpha value is -3.00. The largest absolute Gasteiger partial charge is 0.293 e. The van der Waals surface area contributed by atoms with Gasteiger partial charge in [0.1, 0.15) is 0 Å². The van der Waals surface area contributed by atoms with Crippen molar-refractivity contribution in [2.45, 2.75) is 0 Å². The smallest absolute Gasteiger partial charge is 0.0234 e. The van der Waals surface area contributed by atoms with Gasteiger partial charge in [0.05, 0.1) is 0 Å². The number of rotatable bonds is 7. The molecule has 84 valence electrons. The second kappa shape index (κ2) is 12.0. The molecule has 0 saturated heterocycles. The van der Waals surface area contributed by atoms with Gasteiger partial charge in [-0.15, -0.1) is 0 Å². The van der Waals surface area contributed by atoms with Crippen LogP contribution in [0.2, 0.25) is 0 Å². The number of hydrogen-bond acceptors (Lipinski definition) is 2. The van der Waals surface area contributed by atoms with Gasteiger partial charge in [0, 0.05) is 7.05 Å². The second-order valence-corrected chi connectivity index (χ2v) is 1.41. The maximum absolute atomic E-state index is 6.17. The molecule has 0 atom stereocenters. The molecule has 0 amide bonds. The molecule has 0 aliphatic rings. The van der Waals surface area contributed by atoms with Gasteiger partial charge >= 0.3 is 0 Å². The van der Waals surface area contributed by atoms with Crippen molar-refractivity contribution >= 4 is 0 Å². The molecule has 16 heavy (non-hydrogen) atoms. The molecule has 0 unspecified atom stereocenters. The van der Waals surface area contributed by atoms with Crippen molar-refractivity contribution in [1.82, 2.24) is 5.43 Å². The maximum atomic E-state index is 6.17. The number of nitrogens with zero attached hydrogens (tertiary/aromatic N) is 13. The molecule has 0 bridgehead atoms. The second-order valence-electron chi connectivity index (χ2n) is 1.41. The Morgan fingerprint density at radius 2 is 1.00 bits per heavy atom. The van der Waals surface area contributed by atoms with Crippen molar-refractivity contribution in [1.29, 1.82) is 5.53 Å². The first-order chi connectivity index (χ1) is 7.91. The van der Waals surface area contributed by atoms with Crippen LogP contribution < -0.4 is 5.43 Å². The summed E-state index contributed by atoms with van der Waals surface area (Å²) in [5.74, 6) is 0. The van der Waals surface area contributed by atoms with Crippen LogP contribution in [0.1, 0.15) is 0 Å². The zero-order valence-electron chi connectivity index (χ0n) is 7.81. The zero-order valence-corrected chi connectivity index (χ0v) is 7.81. The van der Waals surface area contributed by atoms with Crippen molar-refractivity contribution in [3.8, 4) is 0 Å². The minimum absolute atomic E-state index is 1.53. The third kappa shape index (κ3) is 11.0. The van der Waals surface area contributed by atoms with Crippen LogP contribution >= 0.6 is 0 Å². The molecule has 0 aliphatic carbocycles. The third-order valence-corrected chi connectivity index (χ3v) is 0.589. The highest BCUT2D eigenvalue weighted by atomic mass is 15.7. The lowest BCUT2D eigenvalue weighted by molar-refractivity contribution is 0.723. The molecule has 0 radical (unpaired) electrons. The highest BCUT2D eigenvalue weighted by Gasteiger charge is 1.69. The van der Waals surface area contributed by atoms with Crippen LogP contribution in [0.25, 0.3) is 0 Å². The Kier molecular flexibility index (Phi) is 9.75. The Morgan fingerprint density at radius 1 is 0.625 bits per heavy atom. The quantitative estimate of drug-likeness (QED) is 0.488. The van der Waals surface area contributed by atoms with E-state index in [1.807, 2.05) is 0 Å². The number of nitrogens with one attached hydrogen (secondary N) is 2. The number of hydrogen-bond donors (Lipinski definition) is 2. The first-order valence-corrected chi connectivity index (χ1v) is 3.35. The van der Waals surface area contributed by atoms with Gasteiger partial charge in [-0.3, -0.25) is 5.43 Å². The van der Waals surface area contributed by atoms with Crippen LogP contribution in [0.3, 0.4) is 0 Å². The van der Waals surface area contributed by atoms with Crippen LogP contribution in [0.15, 0.2) is 67.9 Å². The molecule has 0 heterocycles. The average Bonchev–Trinajstić information content (AvgIpc) is 2.31. The summed E-state index contributed by atoms with van der Waals surface area (Å²) < 4.78 is 0. The van der Waals surface area contributed by atoms with Crippen molar-refractivity contribution in [3.05, 3.63) is 0 Å². The fourth-order valence-electron chi connectivity index (χ4n) is 0.246. The van der Waals surface area contributed by atoms with Gasteiger partial charge in [-0.2, -0.15) is 5.53 Å². The highest BCUT2D eigenvalue weighted by Crippen LogP contribution is 1.87. The van der Waals surface area contributed by atoms with Crippen LogP contribution in [0.4, 0.5) is 0 Å².